The van der Waals surface area contributed by atoms with Gasteiger partial charge in [0, 0.05) is 25.6 Å². The van der Waals surface area contributed by atoms with Crippen LogP contribution in [0.25, 0.3) is 0 Å². The van der Waals surface area contributed by atoms with Crippen LogP contribution < -0.4 is 0 Å². The molecule has 0 bridgehead atoms. The topological polar surface area (TPSA) is 38.0 Å². The van der Waals surface area contributed by atoms with Crippen LogP contribution >= 0.6 is 0 Å². The lowest BCUT2D eigenvalue weighted by molar-refractivity contribution is 0.263. The van der Waals surface area contributed by atoms with Crippen molar-refractivity contribution in [1.29, 1.82) is 0 Å². The van der Waals surface area contributed by atoms with E-state index in [-0.39, 0.29) is 12.5 Å². The maximum Gasteiger partial charge on any atom is 0.0631 e. The van der Waals surface area contributed by atoms with Gasteiger partial charge in [-0.1, -0.05) is 24.3 Å². The van der Waals surface area contributed by atoms with Gasteiger partial charge in [-0.25, -0.2) is 0 Å². The summed E-state index contributed by atoms with van der Waals surface area (Å²) in [7, 11) is 1.91. The van der Waals surface area contributed by atoms with Crippen LogP contribution in [0.1, 0.15) is 22.7 Å². The third-order valence-electron chi connectivity index (χ3n) is 3.07. The van der Waals surface area contributed by atoms with E-state index in [4.69, 9.17) is 0 Å². The minimum Gasteiger partial charge on any atom is -0.396 e. The molecular weight excluding hydrogens is 212 g/mol. The smallest absolute Gasteiger partial charge is 0.0631 e. The van der Waals surface area contributed by atoms with E-state index in [0.29, 0.717) is 0 Å². The summed E-state index contributed by atoms with van der Waals surface area (Å²) in [6.07, 6.45) is 2.71. The van der Waals surface area contributed by atoms with Crippen LogP contribution in [0.3, 0.4) is 0 Å². The van der Waals surface area contributed by atoms with Gasteiger partial charge in [0.05, 0.1) is 12.3 Å². The Morgan fingerprint density at radius 2 is 2.06 bits per heavy atom. The molecule has 17 heavy (non-hydrogen) atoms. The highest BCUT2D eigenvalue weighted by Gasteiger charge is 2.14. The van der Waals surface area contributed by atoms with Gasteiger partial charge >= 0.3 is 0 Å². The van der Waals surface area contributed by atoms with Gasteiger partial charge in [0.15, 0.2) is 0 Å². The van der Waals surface area contributed by atoms with E-state index in [1.807, 2.05) is 31.4 Å². The maximum absolute atomic E-state index is 9.54. The third-order valence-corrected chi connectivity index (χ3v) is 3.07. The van der Waals surface area contributed by atoms with Crippen molar-refractivity contribution < 1.29 is 5.11 Å². The molecule has 90 valence electrons. The summed E-state index contributed by atoms with van der Waals surface area (Å²) in [4.78, 5) is 0. The van der Waals surface area contributed by atoms with E-state index >= 15 is 0 Å². The van der Waals surface area contributed by atoms with Crippen molar-refractivity contribution in [1.82, 2.24) is 9.78 Å². The Morgan fingerprint density at radius 1 is 1.29 bits per heavy atom. The van der Waals surface area contributed by atoms with Gasteiger partial charge in [-0.05, 0) is 24.1 Å². The van der Waals surface area contributed by atoms with Gasteiger partial charge in [0.2, 0.25) is 0 Å². The van der Waals surface area contributed by atoms with Crippen molar-refractivity contribution in [3.05, 3.63) is 53.3 Å². The van der Waals surface area contributed by atoms with Crippen molar-refractivity contribution in [3.63, 3.8) is 0 Å². The fourth-order valence-corrected chi connectivity index (χ4v) is 2.14. The quantitative estimate of drug-likeness (QED) is 0.873. The first-order chi connectivity index (χ1) is 8.20. The molecule has 1 heterocycles. The second-order valence-corrected chi connectivity index (χ2v) is 4.42. The zero-order chi connectivity index (χ0) is 12.3. The SMILES string of the molecule is Cc1ccccc1C(CO)Cc1ccn(C)n1. The first-order valence-electron chi connectivity index (χ1n) is 5.85. The average molecular weight is 230 g/mol. The molecule has 2 aromatic rings. The summed E-state index contributed by atoms with van der Waals surface area (Å²) in [6, 6.07) is 10.2. The normalized spacial score (nSPS) is 12.6. The molecule has 1 unspecified atom stereocenters. The number of nitrogens with zero attached hydrogens (tertiary/aromatic N) is 2. The number of aliphatic hydroxyl groups is 1. The molecule has 0 saturated carbocycles. The van der Waals surface area contributed by atoms with Gasteiger partial charge in [-0.3, -0.25) is 4.68 Å². The fraction of sp³-hybridized carbons (Fsp3) is 0.357. The van der Waals surface area contributed by atoms with E-state index in [1.165, 1.54) is 11.1 Å². The van der Waals surface area contributed by atoms with Crippen LogP contribution in [-0.4, -0.2) is 21.5 Å². The monoisotopic (exact) mass is 230 g/mol. The lowest BCUT2D eigenvalue weighted by atomic mass is 9.92. The molecule has 0 saturated heterocycles. The Labute approximate surface area is 102 Å². The first-order valence-corrected chi connectivity index (χ1v) is 5.85. The number of rotatable bonds is 4. The average Bonchev–Trinajstić information content (AvgIpc) is 2.73. The second-order valence-electron chi connectivity index (χ2n) is 4.42. The minimum absolute atomic E-state index is 0.131. The summed E-state index contributed by atoms with van der Waals surface area (Å²) < 4.78 is 1.79. The molecule has 0 aliphatic carbocycles. The van der Waals surface area contributed by atoms with Gasteiger partial charge in [0.25, 0.3) is 0 Å². The fourth-order valence-electron chi connectivity index (χ4n) is 2.14. The van der Waals surface area contributed by atoms with Crippen molar-refractivity contribution in [3.8, 4) is 0 Å². The highest BCUT2D eigenvalue weighted by atomic mass is 16.3. The van der Waals surface area contributed by atoms with E-state index in [0.717, 1.165) is 12.1 Å². The van der Waals surface area contributed by atoms with Crippen molar-refractivity contribution in [2.24, 2.45) is 7.05 Å². The standard InChI is InChI=1S/C14H18N2O/c1-11-5-3-4-6-14(11)12(10-17)9-13-7-8-16(2)15-13/h3-8,12,17H,9-10H2,1-2H3. The number of aryl methyl sites for hydroxylation is 2. The highest BCUT2D eigenvalue weighted by Crippen LogP contribution is 2.22. The van der Waals surface area contributed by atoms with Gasteiger partial charge in [-0.2, -0.15) is 5.10 Å². The van der Waals surface area contributed by atoms with Gasteiger partial charge in [-0.15, -0.1) is 0 Å². The summed E-state index contributed by atoms with van der Waals surface area (Å²) in [5.74, 6) is 0.131. The van der Waals surface area contributed by atoms with Crippen molar-refractivity contribution >= 4 is 0 Å². The molecule has 1 atom stereocenters. The number of aliphatic hydroxyl groups excluding tert-OH is 1. The Kier molecular flexibility index (Phi) is 3.59. The molecule has 0 fully saturated rings. The summed E-state index contributed by atoms with van der Waals surface area (Å²) in [5, 5.41) is 13.9. The molecule has 3 nitrogen and oxygen atoms in total. The molecule has 1 aromatic heterocycles. The number of hydrogen-bond acceptors (Lipinski definition) is 2. The second kappa shape index (κ2) is 5.15. The zero-order valence-corrected chi connectivity index (χ0v) is 10.3. The van der Waals surface area contributed by atoms with Crippen LogP contribution in [0.5, 0.6) is 0 Å². The Bertz CT molecular complexity index is 490. The third kappa shape index (κ3) is 2.74. The van der Waals surface area contributed by atoms with E-state index in [9.17, 15) is 5.11 Å². The van der Waals surface area contributed by atoms with Crippen LogP contribution in [-0.2, 0) is 13.5 Å². The lowest BCUT2D eigenvalue weighted by Gasteiger charge is -2.15. The molecule has 0 radical (unpaired) electrons. The predicted octanol–water partition coefficient (Wildman–Crippen LogP) is 2.05. The number of aromatic nitrogens is 2. The van der Waals surface area contributed by atoms with Crippen LogP contribution in [0.15, 0.2) is 36.5 Å². The molecule has 3 heteroatoms. The largest absolute Gasteiger partial charge is 0.396 e. The maximum atomic E-state index is 9.54. The molecule has 0 amide bonds. The van der Waals surface area contributed by atoms with E-state index in [1.54, 1.807) is 4.68 Å². The molecule has 0 aliphatic heterocycles. The summed E-state index contributed by atoms with van der Waals surface area (Å²) in [6.45, 7) is 2.23. The molecular formula is C14H18N2O. The van der Waals surface area contributed by atoms with Crippen LogP contribution in [0, 0.1) is 6.92 Å². The van der Waals surface area contributed by atoms with Crippen molar-refractivity contribution in [2.75, 3.05) is 6.61 Å². The van der Waals surface area contributed by atoms with Gasteiger partial charge < -0.3 is 5.11 Å². The van der Waals surface area contributed by atoms with Crippen LogP contribution in [0.2, 0.25) is 0 Å². The number of hydrogen-bond donors (Lipinski definition) is 1. The zero-order valence-electron chi connectivity index (χ0n) is 10.3. The highest BCUT2D eigenvalue weighted by molar-refractivity contribution is 5.30. The molecule has 0 spiro atoms. The Hall–Kier alpha value is -1.61. The van der Waals surface area contributed by atoms with Gasteiger partial charge in [0.1, 0.15) is 0 Å². The molecule has 0 aliphatic rings. The summed E-state index contributed by atoms with van der Waals surface area (Å²) in [5.41, 5.74) is 3.46. The van der Waals surface area contributed by atoms with E-state index < -0.39 is 0 Å². The Balaban J connectivity index is 2.20. The summed E-state index contributed by atoms with van der Waals surface area (Å²) >= 11 is 0. The molecule has 1 aromatic carbocycles. The first kappa shape index (κ1) is 11.9. The van der Waals surface area contributed by atoms with Crippen LogP contribution in [0.4, 0.5) is 0 Å². The Morgan fingerprint density at radius 3 is 2.65 bits per heavy atom. The molecule has 2 rings (SSSR count). The van der Waals surface area contributed by atoms with Crippen molar-refractivity contribution in [2.45, 2.75) is 19.3 Å². The molecule has 1 N–H and O–H groups in total. The predicted molar refractivity (Wildman–Crippen MR) is 67.9 cm³/mol. The lowest BCUT2D eigenvalue weighted by Crippen LogP contribution is -2.10. The number of benzene rings is 1. The van der Waals surface area contributed by atoms with E-state index in [2.05, 4.69) is 24.2 Å². The minimum atomic E-state index is 0.131.